The molecule has 0 aliphatic carbocycles. The van der Waals surface area contributed by atoms with Crippen LogP contribution in [0, 0.1) is 0 Å². The number of piperazine rings is 1. The third kappa shape index (κ3) is 60.9. The summed E-state index contributed by atoms with van der Waals surface area (Å²) in [4.78, 5) is 17.8. The second-order valence-corrected chi connectivity index (χ2v) is 23.1. The van der Waals surface area contributed by atoms with E-state index in [0.717, 1.165) is 75.6 Å². The number of thioether (sulfide) groups is 1. The van der Waals surface area contributed by atoms with E-state index in [1.165, 1.54) is 180 Å². The van der Waals surface area contributed by atoms with E-state index in [-0.39, 0.29) is 0 Å². The zero-order chi connectivity index (χ0) is 62.2. The van der Waals surface area contributed by atoms with Crippen LogP contribution in [0.1, 0.15) is 284 Å². The molecule has 0 aromatic rings. The van der Waals surface area contributed by atoms with E-state index in [9.17, 15) is 0 Å². The van der Waals surface area contributed by atoms with Crippen molar-refractivity contribution in [2.45, 2.75) is 326 Å². The molecule has 79 heavy (non-hydrogen) atoms. The number of rotatable bonds is 7. The summed E-state index contributed by atoms with van der Waals surface area (Å²) in [5.41, 5.74) is 0. The lowest BCUT2D eigenvalue weighted by Gasteiger charge is -2.30. The van der Waals surface area contributed by atoms with Gasteiger partial charge in [0.1, 0.15) is 0 Å². The number of nitrogens with one attached hydrogen (secondary N) is 1. The first-order chi connectivity index (χ1) is 38.1. The summed E-state index contributed by atoms with van der Waals surface area (Å²) < 4.78 is 5.21. The summed E-state index contributed by atoms with van der Waals surface area (Å²) in [5.74, 6) is 2.66. The summed E-state index contributed by atoms with van der Waals surface area (Å²) in [7, 11) is 0. The van der Waals surface area contributed by atoms with Crippen molar-refractivity contribution in [2.24, 2.45) is 0 Å². The summed E-state index contributed by atoms with van der Waals surface area (Å²) in [5, 5.41) is 3.33. The van der Waals surface area contributed by atoms with E-state index in [1.54, 1.807) is 0 Å². The van der Waals surface area contributed by atoms with E-state index < -0.39 is 0 Å². The summed E-state index contributed by atoms with van der Waals surface area (Å²) >= 11 is 2.07. The molecule has 0 spiro atoms. The summed E-state index contributed by atoms with van der Waals surface area (Å²) in [6.07, 6.45) is 20.0. The van der Waals surface area contributed by atoms with Crippen molar-refractivity contribution in [3.8, 4) is 0 Å². The van der Waals surface area contributed by atoms with E-state index in [0.29, 0.717) is 6.04 Å². The molecule has 0 aromatic carbocycles. The van der Waals surface area contributed by atoms with E-state index >= 15 is 0 Å². The molecule has 7 saturated heterocycles. The highest BCUT2D eigenvalue weighted by atomic mass is 32.2. The Hall–Kier alpha value is -0.0100. The Balaban J connectivity index is -0.000000148. The van der Waals surface area contributed by atoms with Gasteiger partial charge in [0, 0.05) is 106 Å². The second-order valence-electron chi connectivity index (χ2n) is 21.8. The number of morpholine rings is 1. The maximum atomic E-state index is 5.21. The van der Waals surface area contributed by atoms with E-state index in [2.05, 4.69) is 148 Å². The molecule has 10 heteroatoms. The summed E-state index contributed by atoms with van der Waals surface area (Å²) in [6, 6.07) is 5.24. The number of hydrogen-bond donors (Lipinski definition) is 1. The highest BCUT2D eigenvalue weighted by Gasteiger charge is 2.16. The average Bonchev–Trinajstić information content (AvgIpc) is 3.91. The van der Waals surface area contributed by atoms with Crippen molar-refractivity contribution in [3.05, 3.63) is 0 Å². The largest absolute Gasteiger partial charge is 0.379 e. The van der Waals surface area contributed by atoms with Gasteiger partial charge in [-0.15, -0.1) is 0 Å². The lowest BCUT2D eigenvalue weighted by molar-refractivity contribution is 0.0238. The van der Waals surface area contributed by atoms with E-state index in [4.69, 9.17) is 4.74 Å². The molecule has 7 fully saturated rings. The molecule has 0 unspecified atom stereocenters. The minimum Gasteiger partial charge on any atom is -0.379 e. The smallest absolute Gasteiger partial charge is 0.0594 e. The highest BCUT2D eigenvalue weighted by molar-refractivity contribution is 7.99. The van der Waals surface area contributed by atoms with Gasteiger partial charge >= 0.3 is 0 Å². The van der Waals surface area contributed by atoms with Crippen LogP contribution in [-0.2, 0) is 4.74 Å². The highest BCUT2D eigenvalue weighted by Crippen LogP contribution is 2.15. The predicted octanol–water partition coefficient (Wildman–Crippen LogP) is 18.0. The third-order valence-electron chi connectivity index (χ3n) is 14.4. The quantitative estimate of drug-likeness (QED) is 0.267. The Morgan fingerprint density at radius 3 is 0.620 bits per heavy atom. The Morgan fingerprint density at radius 2 is 0.418 bits per heavy atom. The van der Waals surface area contributed by atoms with Crippen molar-refractivity contribution in [2.75, 3.05) is 129 Å². The standard InChI is InChI=1S/C10H21N.C9H19N.C8H17N.C7H16N2.C7H15NO.C7H15NS.C7H15N.7C2H6/c1-10(2)11-8-6-4-3-5-7-9-11;1-9(2)10-7-5-3-4-6-8-10;1-8(2)9-6-4-3-5-7-9;1-7(2)9-5-3-8-4-6-9;2*1-7(2)8-3-5-9-6-4-8;1-7(2)8-5-3-4-6-8;7*1-2/h10H,3-9H2,1-2H3;9H,3-8H2,1-2H3;8H,3-7H2,1-2H3;7-8H,3-6H2,1-2H3;2*7H,3-6H2,1-2H3;7H,3-6H2,1-2H3;7*1-2H3. The van der Waals surface area contributed by atoms with Gasteiger partial charge in [-0.05, 0) is 201 Å². The van der Waals surface area contributed by atoms with Crippen molar-refractivity contribution in [1.29, 1.82) is 0 Å². The molecule has 0 saturated carbocycles. The van der Waals surface area contributed by atoms with Gasteiger partial charge in [-0.1, -0.05) is 135 Å². The van der Waals surface area contributed by atoms with Crippen molar-refractivity contribution >= 4 is 11.8 Å². The first-order valence-corrected chi connectivity index (χ1v) is 36.3. The monoisotopic (exact) mass is 1150 g/mol. The maximum absolute atomic E-state index is 5.21. The lowest BCUT2D eigenvalue weighted by Crippen LogP contribution is -2.46. The average molecular weight is 1150 g/mol. The first-order valence-electron chi connectivity index (χ1n) is 35.2. The molecule has 1 N–H and O–H groups in total. The van der Waals surface area contributed by atoms with Crippen LogP contribution in [0.15, 0.2) is 0 Å². The Morgan fingerprint density at radius 1 is 0.241 bits per heavy atom. The Kier molecular flexibility index (Phi) is 86.9. The Bertz CT molecular complexity index is 901. The topological polar surface area (TPSA) is 43.9 Å². The van der Waals surface area contributed by atoms with Crippen LogP contribution in [0.5, 0.6) is 0 Å². The lowest BCUT2D eigenvalue weighted by atomic mass is 10.1. The van der Waals surface area contributed by atoms with Gasteiger partial charge in [0.25, 0.3) is 0 Å². The Labute approximate surface area is 509 Å². The van der Waals surface area contributed by atoms with Gasteiger partial charge in [-0.25, -0.2) is 0 Å². The summed E-state index contributed by atoms with van der Waals surface area (Å²) in [6.45, 7) is 81.9. The predicted molar refractivity (Wildman–Crippen MR) is 372 cm³/mol. The number of ether oxygens (including phenoxy) is 1. The zero-order valence-corrected chi connectivity index (χ0v) is 61.3. The van der Waals surface area contributed by atoms with Gasteiger partial charge in [0.2, 0.25) is 0 Å². The van der Waals surface area contributed by atoms with Gasteiger partial charge in [-0.3, -0.25) is 14.7 Å². The maximum Gasteiger partial charge on any atom is 0.0594 e. The van der Waals surface area contributed by atoms with Crippen LogP contribution in [0.25, 0.3) is 0 Å². The molecule has 7 rings (SSSR count). The molecule has 0 amide bonds. The SMILES string of the molecule is CC.CC.CC.CC.CC.CC.CC.CC(C)N1CCCC1.CC(C)N1CCCCC1.CC(C)N1CCCCCC1.CC(C)N1CCCCCCC1.CC(C)N1CCNCC1.CC(C)N1CCOCC1.CC(C)N1CCSCC1. The number of piperidine rings is 1. The van der Waals surface area contributed by atoms with E-state index in [1.807, 2.05) is 96.9 Å². The van der Waals surface area contributed by atoms with Gasteiger partial charge in [-0.2, -0.15) is 11.8 Å². The third-order valence-corrected chi connectivity index (χ3v) is 15.4. The minimum absolute atomic E-state index is 0.689. The second kappa shape index (κ2) is 74.1. The van der Waals surface area contributed by atoms with Gasteiger partial charge < -0.3 is 29.7 Å². The number of hydrogen-bond acceptors (Lipinski definition) is 10. The fourth-order valence-electron chi connectivity index (χ4n) is 9.48. The number of likely N-dealkylation sites (tertiary alicyclic amines) is 4. The molecule has 0 bridgehead atoms. The molecular weight excluding hydrogens is 989 g/mol. The normalized spacial score (nSPS) is 19.5. The minimum atomic E-state index is 0.689. The van der Waals surface area contributed by atoms with Crippen LogP contribution < -0.4 is 5.32 Å². The first kappa shape index (κ1) is 92.7. The molecule has 488 valence electrons. The molecule has 0 radical (unpaired) electrons. The van der Waals surface area contributed by atoms with Crippen LogP contribution >= 0.6 is 11.8 Å². The van der Waals surface area contributed by atoms with Crippen LogP contribution in [0.2, 0.25) is 0 Å². The van der Waals surface area contributed by atoms with Gasteiger partial charge in [0.05, 0.1) is 13.2 Å². The van der Waals surface area contributed by atoms with Crippen LogP contribution in [0.3, 0.4) is 0 Å². The molecule has 7 heterocycles. The fourth-order valence-corrected chi connectivity index (χ4v) is 10.4. The molecule has 7 aliphatic heterocycles. The van der Waals surface area contributed by atoms with Crippen LogP contribution in [-0.4, -0.2) is 206 Å². The fraction of sp³-hybridized carbons (Fsp3) is 1.00. The van der Waals surface area contributed by atoms with Crippen molar-refractivity contribution in [3.63, 3.8) is 0 Å². The molecule has 0 atom stereocenters. The molecule has 7 aliphatic rings. The molecule has 9 nitrogen and oxygen atoms in total. The zero-order valence-electron chi connectivity index (χ0n) is 60.5. The molecular formula is C69H160N8OS. The van der Waals surface area contributed by atoms with Gasteiger partial charge in [0.15, 0.2) is 0 Å². The number of nitrogens with zero attached hydrogens (tertiary/aromatic N) is 7. The van der Waals surface area contributed by atoms with Crippen LogP contribution in [0.4, 0.5) is 0 Å². The van der Waals surface area contributed by atoms with Crippen molar-refractivity contribution < 1.29 is 4.74 Å². The van der Waals surface area contributed by atoms with Crippen molar-refractivity contribution in [1.82, 2.24) is 39.6 Å². The molecule has 0 aromatic heterocycles.